The minimum Gasteiger partial charge on any atom is -0.350 e. The van der Waals surface area contributed by atoms with Crippen LogP contribution in [0.3, 0.4) is 0 Å². The van der Waals surface area contributed by atoms with E-state index in [1.165, 1.54) is 15.4 Å². The summed E-state index contributed by atoms with van der Waals surface area (Å²) >= 11 is 0. The largest absolute Gasteiger partial charge is 0.350 e. The smallest absolute Gasteiger partial charge is 0.244 e. The van der Waals surface area contributed by atoms with E-state index in [9.17, 15) is 13.2 Å². The van der Waals surface area contributed by atoms with Gasteiger partial charge in [0, 0.05) is 6.54 Å². The van der Waals surface area contributed by atoms with Crippen LogP contribution < -0.4 is 9.62 Å². The fraction of sp³-hybridized carbons (Fsp3) is 0.435. The third-order valence-corrected chi connectivity index (χ3v) is 6.28. The molecule has 1 N–H and O–H groups in total. The second-order valence-electron chi connectivity index (χ2n) is 7.35. The Kier molecular flexibility index (Phi) is 7.85. The summed E-state index contributed by atoms with van der Waals surface area (Å²) in [6, 6.07) is 12.8. The van der Waals surface area contributed by atoms with Gasteiger partial charge in [-0.05, 0) is 60.6 Å². The van der Waals surface area contributed by atoms with Gasteiger partial charge in [0.15, 0.2) is 0 Å². The summed E-state index contributed by atoms with van der Waals surface area (Å²) in [7, 11) is -3.63. The molecule has 5 nitrogen and oxygen atoms in total. The zero-order valence-electron chi connectivity index (χ0n) is 18.0. The van der Waals surface area contributed by atoms with E-state index >= 15 is 0 Å². The molecule has 6 heteroatoms. The van der Waals surface area contributed by atoms with Crippen molar-refractivity contribution in [3.05, 3.63) is 64.7 Å². The van der Waals surface area contributed by atoms with Crippen molar-refractivity contribution in [2.75, 3.05) is 10.6 Å². The number of nitrogens with zero attached hydrogens (tertiary/aromatic N) is 1. The van der Waals surface area contributed by atoms with Crippen LogP contribution in [0.15, 0.2) is 42.5 Å². The van der Waals surface area contributed by atoms with Gasteiger partial charge < -0.3 is 5.32 Å². The summed E-state index contributed by atoms with van der Waals surface area (Å²) in [6.07, 6.45) is 3.33. The number of hydrogen-bond acceptors (Lipinski definition) is 3. The molecule has 0 bridgehead atoms. The standard InChI is InChI=1S/C23H32N2O3S/c1-6-18-12-13-19(7-2)20(15-18)16-24-23(26)22(8-3)25(29(5,27)28)21-11-9-10-17(4)14-21/h9-15,22H,6-8,16H2,1-5H3,(H,24,26)/t22-/m0/s1. The number of aryl methyl sites for hydroxylation is 3. The second kappa shape index (κ2) is 9.92. The van der Waals surface area contributed by atoms with Crippen molar-refractivity contribution >= 4 is 21.6 Å². The van der Waals surface area contributed by atoms with Crippen molar-refractivity contribution in [1.29, 1.82) is 0 Å². The molecule has 0 heterocycles. The minimum atomic E-state index is -3.63. The molecule has 0 aliphatic carbocycles. The number of rotatable bonds is 9. The highest BCUT2D eigenvalue weighted by Gasteiger charge is 2.31. The van der Waals surface area contributed by atoms with Gasteiger partial charge in [0.1, 0.15) is 6.04 Å². The van der Waals surface area contributed by atoms with Crippen LogP contribution in [0, 0.1) is 6.92 Å². The van der Waals surface area contributed by atoms with Crippen molar-refractivity contribution in [2.45, 2.75) is 59.5 Å². The fourth-order valence-electron chi connectivity index (χ4n) is 3.53. The molecule has 2 aromatic rings. The summed E-state index contributed by atoms with van der Waals surface area (Å²) in [5.41, 5.74) is 4.94. The molecule has 0 aliphatic heterocycles. The number of hydrogen-bond donors (Lipinski definition) is 1. The molecule has 158 valence electrons. The topological polar surface area (TPSA) is 66.5 Å². The highest BCUT2D eigenvalue weighted by Crippen LogP contribution is 2.23. The van der Waals surface area contributed by atoms with E-state index in [2.05, 4.69) is 37.4 Å². The lowest BCUT2D eigenvalue weighted by Gasteiger charge is -2.30. The first-order valence-corrected chi connectivity index (χ1v) is 12.0. The van der Waals surface area contributed by atoms with Crippen molar-refractivity contribution < 1.29 is 13.2 Å². The van der Waals surface area contributed by atoms with Crippen molar-refractivity contribution in [3.8, 4) is 0 Å². The predicted octanol–water partition coefficient (Wildman–Crippen LogP) is 3.98. The maximum absolute atomic E-state index is 13.0. The number of amides is 1. The number of carbonyl (C=O) groups excluding carboxylic acids is 1. The number of sulfonamides is 1. The van der Waals surface area contributed by atoms with Crippen molar-refractivity contribution in [1.82, 2.24) is 5.32 Å². The molecule has 0 spiro atoms. The van der Waals surface area contributed by atoms with E-state index in [4.69, 9.17) is 0 Å². The summed E-state index contributed by atoms with van der Waals surface area (Å²) < 4.78 is 26.3. The van der Waals surface area contributed by atoms with Crippen LogP contribution in [0.25, 0.3) is 0 Å². The number of nitrogens with one attached hydrogen (secondary N) is 1. The first-order valence-electron chi connectivity index (χ1n) is 10.2. The Balaban J connectivity index is 2.29. The summed E-state index contributed by atoms with van der Waals surface area (Å²) in [6.45, 7) is 8.30. The Hall–Kier alpha value is -2.34. The molecular weight excluding hydrogens is 384 g/mol. The molecule has 0 fully saturated rings. The van der Waals surface area contributed by atoms with Gasteiger partial charge in [-0.15, -0.1) is 0 Å². The molecule has 0 saturated carbocycles. The van der Waals surface area contributed by atoms with E-state index in [1.54, 1.807) is 18.2 Å². The van der Waals surface area contributed by atoms with Gasteiger partial charge in [-0.25, -0.2) is 8.42 Å². The van der Waals surface area contributed by atoms with Crippen LogP contribution >= 0.6 is 0 Å². The first kappa shape index (κ1) is 22.9. The highest BCUT2D eigenvalue weighted by atomic mass is 32.2. The van der Waals surface area contributed by atoms with E-state index in [0.717, 1.165) is 30.2 Å². The average molecular weight is 417 g/mol. The maximum atomic E-state index is 13.0. The van der Waals surface area contributed by atoms with Gasteiger partial charge in [0.05, 0.1) is 11.9 Å². The molecule has 1 atom stereocenters. The maximum Gasteiger partial charge on any atom is 0.244 e. The van der Waals surface area contributed by atoms with Crippen LogP contribution in [-0.2, 0) is 34.2 Å². The zero-order chi connectivity index (χ0) is 21.6. The average Bonchev–Trinajstić information content (AvgIpc) is 2.68. The molecule has 0 aromatic heterocycles. The molecule has 0 unspecified atom stereocenters. The lowest BCUT2D eigenvalue weighted by atomic mass is 10.0. The van der Waals surface area contributed by atoms with Gasteiger partial charge in [0.25, 0.3) is 0 Å². The molecule has 29 heavy (non-hydrogen) atoms. The number of anilines is 1. The Morgan fingerprint density at radius 1 is 1.03 bits per heavy atom. The molecule has 1 amide bonds. The summed E-state index contributed by atoms with van der Waals surface area (Å²) in [4.78, 5) is 13.0. The molecule has 2 aromatic carbocycles. The quantitative estimate of drug-likeness (QED) is 0.672. The van der Waals surface area contributed by atoms with Crippen molar-refractivity contribution in [3.63, 3.8) is 0 Å². The zero-order valence-corrected chi connectivity index (χ0v) is 18.8. The van der Waals surface area contributed by atoms with Crippen LogP contribution in [0.5, 0.6) is 0 Å². The van der Waals surface area contributed by atoms with Crippen LogP contribution in [0.4, 0.5) is 5.69 Å². The fourth-order valence-corrected chi connectivity index (χ4v) is 4.74. The Bertz CT molecular complexity index is 954. The van der Waals surface area contributed by atoms with E-state index in [1.807, 2.05) is 19.9 Å². The normalized spacial score (nSPS) is 12.4. The summed E-state index contributed by atoms with van der Waals surface area (Å²) in [5, 5.41) is 2.97. The second-order valence-corrected chi connectivity index (χ2v) is 9.21. The Morgan fingerprint density at radius 2 is 1.76 bits per heavy atom. The van der Waals surface area contributed by atoms with E-state index in [-0.39, 0.29) is 5.91 Å². The van der Waals surface area contributed by atoms with Gasteiger partial charge in [-0.2, -0.15) is 0 Å². The molecule has 0 radical (unpaired) electrons. The van der Waals surface area contributed by atoms with Gasteiger partial charge in [-0.3, -0.25) is 9.10 Å². The third kappa shape index (κ3) is 5.82. The van der Waals surface area contributed by atoms with Crippen molar-refractivity contribution in [2.24, 2.45) is 0 Å². The third-order valence-electron chi connectivity index (χ3n) is 5.10. The van der Waals surface area contributed by atoms with Crippen LogP contribution in [0.2, 0.25) is 0 Å². The predicted molar refractivity (Wildman–Crippen MR) is 120 cm³/mol. The summed E-state index contributed by atoms with van der Waals surface area (Å²) in [5.74, 6) is -0.289. The number of benzene rings is 2. The lowest BCUT2D eigenvalue weighted by molar-refractivity contribution is -0.122. The lowest BCUT2D eigenvalue weighted by Crippen LogP contribution is -2.49. The molecule has 2 rings (SSSR count). The SMILES string of the molecule is CCc1ccc(CC)c(CNC(=O)[C@H](CC)N(c2cccc(C)c2)S(C)(=O)=O)c1. The molecule has 0 aliphatic rings. The van der Waals surface area contributed by atoms with Gasteiger partial charge in [-0.1, -0.05) is 51.1 Å². The molecular formula is C23H32N2O3S. The van der Waals surface area contributed by atoms with Gasteiger partial charge >= 0.3 is 0 Å². The van der Waals surface area contributed by atoms with Gasteiger partial charge in [0.2, 0.25) is 15.9 Å². The first-order chi connectivity index (χ1) is 13.7. The minimum absolute atomic E-state index is 0.289. The Morgan fingerprint density at radius 3 is 2.31 bits per heavy atom. The van der Waals surface area contributed by atoms with Crippen LogP contribution in [0.1, 0.15) is 49.4 Å². The highest BCUT2D eigenvalue weighted by molar-refractivity contribution is 7.92. The Labute approximate surface area is 175 Å². The van der Waals surface area contributed by atoms with E-state index in [0.29, 0.717) is 18.7 Å². The monoisotopic (exact) mass is 416 g/mol. The molecule has 0 saturated heterocycles. The van der Waals surface area contributed by atoms with E-state index < -0.39 is 16.1 Å². The van der Waals surface area contributed by atoms with Crippen LogP contribution in [-0.4, -0.2) is 26.6 Å². The number of carbonyl (C=O) groups is 1.